The Morgan fingerprint density at radius 1 is 1.05 bits per heavy atom. The third-order valence-corrected chi connectivity index (χ3v) is 8.29. The summed E-state index contributed by atoms with van der Waals surface area (Å²) >= 11 is 0. The van der Waals surface area contributed by atoms with Crippen LogP contribution in [0.25, 0.3) is 33.3 Å². The van der Waals surface area contributed by atoms with E-state index in [4.69, 9.17) is 10.2 Å². The summed E-state index contributed by atoms with van der Waals surface area (Å²) < 4.78 is 7.77. The Labute approximate surface area is 248 Å². The van der Waals surface area contributed by atoms with Crippen molar-refractivity contribution < 1.29 is 14.0 Å². The molecule has 5 aromatic rings. The van der Waals surface area contributed by atoms with Gasteiger partial charge in [0.2, 0.25) is 5.91 Å². The molecule has 218 valence electrons. The second kappa shape index (κ2) is 11.3. The first-order valence-electron chi connectivity index (χ1n) is 14.6. The molecule has 43 heavy (non-hydrogen) atoms. The number of hydrogen-bond donors (Lipinski definition) is 2. The Morgan fingerprint density at radius 3 is 2.72 bits per heavy atom. The molecule has 2 aliphatic rings. The van der Waals surface area contributed by atoms with Crippen LogP contribution in [0.15, 0.2) is 77.6 Å². The van der Waals surface area contributed by atoms with Crippen LogP contribution in [0.4, 0.5) is 11.8 Å². The van der Waals surface area contributed by atoms with Gasteiger partial charge in [-0.1, -0.05) is 42.5 Å². The van der Waals surface area contributed by atoms with Gasteiger partial charge in [-0.25, -0.2) is 9.97 Å². The first-order chi connectivity index (χ1) is 21.0. The number of benzene rings is 2. The summed E-state index contributed by atoms with van der Waals surface area (Å²) in [6.45, 7) is 4.11. The van der Waals surface area contributed by atoms with Crippen LogP contribution >= 0.6 is 0 Å². The van der Waals surface area contributed by atoms with Crippen molar-refractivity contribution >= 4 is 45.8 Å². The fourth-order valence-corrected chi connectivity index (χ4v) is 6.06. The third-order valence-electron chi connectivity index (χ3n) is 8.29. The number of hydrogen-bond acceptors (Lipinski definition) is 8. The standard InChI is InChI=1S/C32H32N8O3/c33-29-28-24(31(42)37-32-36-25-17-22(10-11-26(25)43-32)21-7-2-1-3-8-21)19-40(30(28)35-20-34-29)23-12-16-39(18-23)27(41)9-6-15-38-13-4-5-14-38/h1-3,6-11,17,19-20,23H,4-5,12-16,18H2,(H2,33,34,35)(H,36,37,42)/b9-6+/t23-/m1/s1. The number of nitrogens with one attached hydrogen (secondary N) is 1. The van der Waals surface area contributed by atoms with Crippen LogP contribution in [0.3, 0.4) is 0 Å². The van der Waals surface area contributed by atoms with Crippen molar-refractivity contribution in [3.8, 4) is 11.1 Å². The first kappa shape index (κ1) is 26.8. The number of amides is 2. The molecule has 11 nitrogen and oxygen atoms in total. The molecule has 3 N–H and O–H groups in total. The Kier molecular flexibility index (Phi) is 7.07. The Bertz CT molecular complexity index is 1840. The smallest absolute Gasteiger partial charge is 0.302 e. The van der Waals surface area contributed by atoms with E-state index in [2.05, 4.69) is 25.2 Å². The zero-order chi connectivity index (χ0) is 29.3. The van der Waals surface area contributed by atoms with Crippen molar-refractivity contribution in [2.24, 2.45) is 0 Å². The van der Waals surface area contributed by atoms with E-state index in [1.54, 1.807) is 12.3 Å². The quantitative estimate of drug-likeness (QED) is 0.271. The Balaban J connectivity index is 1.10. The van der Waals surface area contributed by atoms with E-state index in [0.29, 0.717) is 40.8 Å². The predicted molar refractivity (Wildman–Crippen MR) is 164 cm³/mol. The molecular formula is C32H32N8O3. The minimum absolute atomic E-state index is 0.00311. The van der Waals surface area contributed by atoms with Gasteiger partial charge in [-0.3, -0.25) is 19.8 Å². The van der Waals surface area contributed by atoms with Crippen LogP contribution in [0, 0.1) is 0 Å². The predicted octanol–water partition coefficient (Wildman–Crippen LogP) is 4.50. The highest BCUT2D eigenvalue weighted by atomic mass is 16.4. The lowest BCUT2D eigenvalue weighted by Gasteiger charge is -2.16. The van der Waals surface area contributed by atoms with Gasteiger partial charge < -0.3 is 19.6 Å². The molecule has 0 radical (unpaired) electrons. The summed E-state index contributed by atoms with van der Waals surface area (Å²) in [6.07, 6.45) is 9.93. The number of fused-ring (bicyclic) bond motifs is 2. The lowest BCUT2D eigenvalue weighted by Crippen LogP contribution is -2.28. The number of aromatic nitrogens is 4. The Morgan fingerprint density at radius 2 is 1.88 bits per heavy atom. The van der Waals surface area contributed by atoms with Crippen molar-refractivity contribution in [1.82, 2.24) is 29.3 Å². The molecule has 2 fully saturated rings. The molecule has 0 unspecified atom stereocenters. The number of nitrogens with zero attached hydrogens (tertiary/aromatic N) is 6. The molecule has 7 rings (SSSR count). The van der Waals surface area contributed by atoms with Gasteiger partial charge in [0.1, 0.15) is 23.3 Å². The average Bonchev–Trinajstić information content (AvgIpc) is 3.83. The minimum Gasteiger partial charge on any atom is -0.423 e. The molecule has 0 aliphatic carbocycles. The van der Waals surface area contributed by atoms with Crippen molar-refractivity contribution in [2.45, 2.75) is 25.3 Å². The highest BCUT2D eigenvalue weighted by molar-refractivity contribution is 6.14. The first-order valence-corrected chi connectivity index (χ1v) is 14.6. The van der Waals surface area contributed by atoms with Gasteiger partial charge in [0.05, 0.1) is 17.0 Å². The van der Waals surface area contributed by atoms with E-state index in [0.717, 1.165) is 37.2 Å². The highest BCUT2D eigenvalue weighted by Crippen LogP contribution is 2.32. The number of carbonyl (C=O) groups excluding carboxylic acids is 2. The number of likely N-dealkylation sites (tertiary alicyclic amines) is 2. The van der Waals surface area contributed by atoms with Gasteiger partial charge in [0.15, 0.2) is 5.58 Å². The lowest BCUT2D eigenvalue weighted by molar-refractivity contribution is -0.125. The van der Waals surface area contributed by atoms with Crippen LogP contribution in [0.2, 0.25) is 0 Å². The zero-order valence-corrected chi connectivity index (χ0v) is 23.6. The molecule has 2 aromatic carbocycles. The normalized spacial score (nSPS) is 17.5. The molecule has 5 heterocycles. The number of carbonyl (C=O) groups is 2. The summed E-state index contributed by atoms with van der Waals surface area (Å²) in [4.78, 5) is 43.7. The van der Waals surface area contributed by atoms with Crippen LogP contribution in [0.1, 0.15) is 35.7 Å². The number of oxazole rings is 1. The van der Waals surface area contributed by atoms with Gasteiger partial charge in [0, 0.05) is 31.9 Å². The van der Waals surface area contributed by atoms with Gasteiger partial charge in [-0.05, 0) is 55.6 Å². The number of rotatable bonds is 7. The molecule has 0 saturated carbocycles. The molecular weight excluding hydrogens is 544 g/mol. The number of anilines is 2. The summed E-state index contributed by atoms with van der Waals surface area (Å²) in [6, 6.07) is 15.7. The summed E-state index contributed by atoms with van der Waals surface area (Å²) in [7, 11) is 0. The number of nitrogens with two attached hydrogens (primary N) is 1. The second-order valence-electron chi connectivity index (χ2n) is 11.1. The summed E-state index contributed by atoms with van der Waals surface area (Å²) in [5.74, 6) is -0.234. The maximum Gasteiger partial charge on any atom is 0.302 e. The molecule has 1 atom stereocenters. The van der Waals surface area contributed by atoms with Gasteiger partial charge in [-0.15, -0.1) is 0 Å². The second-order valence-corrected chi connectivity index (χ2v) is 11.1. The van der Waals surface area contributed by atoms with Crippen LogP contribution in [-0.2, 0) is 4.79 Å². The minimum atomic E-state index is -0.434. The van der Waals surface area contributed by atoms with Gasteiger partial charge in [-0.2, -0.15) is 4.98 Å². The maximum atomic E-state index is 13.6. The molecule has 11 heteroatoms. The van der Waals surface area contributed by atoms with Crippen LogP contribution in [-0.4, -0.2) is 73.9 Å². The zero-order valence-electron chi connectivity index (χ0n) is 23.6. The van der Waals surface area contributed by atoms with Crippen molar-refractivity contribution in [2.75, 3.05) is 43.8 Å². The fraction of sp³-hybridized carbons (Fsp3) is 0.281. The third kappa shape index (κ3) is 5.35. The van der Waals surface area contributed by atoms with E-state index in [-0.39, 0.29) is 23.8 Å². The average molecular weight is 577 g/mol. The van der Waals surface area contributed by atoms with E-state index < -0.39 is 5.91 Å². The van der Waals surface area contributed by atoms with E-state index >= 15 is 0 Å². The molecule has 3 aromatic heterocycles. The molecule has 2 amide bonds. The van der Waals surface area contributed by atoms with Gasteiger partial charge >= 0.3 is 6.01 Å². The maximum absolute atomic E-state index is 13.6. The molecule has 2 saturated heterocycles. The summed E-state index contributed by atoms with van der Waals surface area (Å²) in [5.41, 5.74) is 10.4. The van der Waals surface area contributed by atoms with Crippen molar-refractivity contribution in [3.05, 3.63) is 78.8 Å². The fourth-order valence-electron chi connectivity index (χ4n) is 6.06. The largest absolute Gasteiger partial charge is 0.423 e. The SMILES string of the molecule is Nc1ncnc2c1c(C(=O)Nc1nc3cc(-c4ccccc4)ccc3o1)cn2[C@@H]1CCN(C(=O)/C=C/CN2CCCC2)C1. The highest BCUT2D eigenvalue weighted by Gasteiger charge is 2.30. The molecule has 2 aliphatic heterocycles. The van der Waals surface area contributed by atoms with E-state index in [1.165, 1.54) is 19.2 Å². The van der Waals surface area contributed by atoms with E-state index in [1.807, 2.05) is 64.1 Å². The van der Waals surface area contributed by atoms with Crippen molar-refractivity contribution in [1.29, 1.82) is 0 Å². The Hall–Kier alpha value is -5.03. The van der Waals surface area contributed by atoms with Crippen molar-refractivity contribution in [3.63, 3.8) is 0 Å². The molecule has 0 bridgehead atoms. The number of nitrogen functional groups attached to an aromatic ring is 1. The lowest BCUT2D eigenvalue weighted by atomic mass is 10.1. The topological polar surface area (TPSA) is 135 Å². The van der Waals surface area contributed by atoms with Crippen LogP contribution < -0.4 is 11.1 Å². The van der Waals surface area contributed by atoms with Crippen LogP contribution in [0.5, 0.6) is 0 Å². The monoisotopic (exact) mass is 576 g/mol. The molecule has 0 spiro atoms. The van der Waals surface area contributed by atoms with Gasteiger partial charge in [0.25, 0.3) is 5.91 Å². The summed E-state index contributed by atoms with van der Waals surface area (Å²) in [5, 5.41) is 3.24. The van der Waals surface area contributed by atoms with E-state index in [9.17, 15) is 9.59 Å².